The Hall–Kier alpha value is -1.50. The van der Waals surface area contributed by atoms with E-state index in [1.807, 2.05) is 0 Å². The topological polar surface area (TPSA) is 47.3 Å². The molecule has 0 aliphatic rings. The van der Waals surface area contributed by atoms with Crippen molar-refractivity contribution < 1.29 is 13.5 Å². The van der Waals surface area contributed by atoms with E-state index in [4.69, 9.17) is 10.6 Å². The molecule has 0 saturated heterocycles. The minimum atomic E-state index is -0.437. The van der Waals surface area contributed by atoms with Crippen LogP contribution in [0.4, 0.5) is 8.78 Å². The van der Waals surface area contributed by atoms with E-state index in [2.05, 4.69) is 21.4 Å². The lowest BCUT2D eigenvalue weighted by molar-refractivity contribution is 0.382. The van der Waals surface area contributed by atoms with Crippen LogP contribution in [0.1, 0.15) is 17.2 Å². The Morgan fingerprint density at radius 2 is 1.95 bits per heavy atom. The number of halogens is 3. The van der Waals surface area contributed by atoms with Crippen molar-refractivity contribution in [2.75, 3.05) is 7.11 Å². The zero-order valence-corrected chi connectivity index (χ0v) is 13.0. The van der Waals surface area contributed by atoms with Gasteiger partial charge in [-0.1, -0.05) is 24.3 Å². The molecule has 21 heavy (non-hydrogen) atoms. The van der Waals surface area contributed by atoms with Crippen molar-refractivity contribution in [3.63, 3.8) is 0 Å². The SMILES string of the molecule is COc1cccc(CC(NN)c2cccc(F)c2Br)c1F. The van der Waals surface area contributed by atoms with E-state index in [1.165, 1.54) is 13.2 Å². The average molecular weight is 357 g/mol. The first-order chi connectivity index (χ1) is 10.1. The second-order valence-electron chi connectivity index (χ2n) is 4.50. The van der Waals surface area contributed by atoms with Crippen molar-refractivity contribution in [1.82, 2.24) is 5.43 Å². The Kier molecular flexibility index (Phi) is 5.27. The van der Waals surface area contributed by atoms with Gasteiger partial charge in [-0.05, 0) is 45.6 Å². The first-order valence-corrected chi connectivity index (χ1v) is 7.09. The van der Waals surface area contributed by atoms with Gasteiger partial charge < -0.3 is 4.74 Å². The fraction of sp³-hybridized carbons (Fsp3) is 0.200. The molecule has 0 aliphatic heterocycles. The predicted molar refractivity (Wildman–Crippen MR) is 80.8 cm³/mol. The van der Waals surface area contributed by atoms with Gasteiger partial charge in [0.25, 0.3) is 0 Å². The highest BCUT2D eigenvalue weighted by molar-refractivity contribution is 9.10. The summed E-state index contributed by atoms with van der Waals surface area (Å²) in [6.07, 6.45) is 0.265. The number of benzene rings is 2. The van der Waals surface area contributed by atoms with Crippen molar-refractivity contribution in [2.45, 2.75) is 12.5 Å². The maximum absolute atomic E-state index is 14.2. The van der Waals surface area contributed by atoms with E-state index < -0.39 is 11.9 Å². The maximum Gasteiger partial charge on any atom is 0.168 e. The number of hydrogen-bond donors (Lipinski definition) is 2. The molecule has 0 bridgehead atoms. The highest BCUT2D eigenvalue weighted by atomic mass is 79.9. The quantitative estimate of drug-likeness (QED) is 0.636. The fourth-order valence-electron chi connectivity index (χ4n) is 2.14. The Morgan fingerprint density at radius 3 is 2.62 bits per heavy atom. The largest absolute Gasteiger partial charge is 0.494 e. The van der Waals surface area contributed by atoms with Gasteiger partial charge in [-0.2, -0.15) is 0 Å². The van der Waals surface area contributed by atoms with Crippen LogP contribution in [-0.2, 0) is 6.42 Å². The third-order valence-corrected chi connectivity index (χ3v) is 4.08. The van der Waals surface area contributed by atoms with Crippen LogP contribution in [-0.4, -0.2) is 7.11 Å². The van der Waals surface area contributed by atoms with Gasteiger partial charge in [0.2, 0.25) is 0 Å². The highest BCUT2D eigenvalue weighted by Gasteiger charge is 2.19. The molecule has 0 fully saturated rings. The zero-order valence-electron chi connectivity index (χ0n) is 11.4. The van der Waals surface area contributed by atoms with Gasteiger partial charge in [0.05, 0.1) is 17.6 Å². The van der Waals surface area contributed by atoms with Crippen LogP contribution in [0.25, 0.3) is 0 Å². The number of methoxy groups -OCH3 is 1. The lowest BCUT2D eigenvalue weighted by Crippen LogP contribution is -2.30. The molecule has 1 unspecified atom stereocenters. The zero-order chi connectivity index (χ0) is 15.4. The highest BCUT2D eigenvalue weighted by Crippen LogP contribution is 2.30. The minimum absolute atomic E-state index is 0.168. The van der Waals surface area contributed by atoms with Gasteiger partial charge >= 0.3 is 0 Å². The Labute approximate surface area is 130 Å². The molecule has 1 atom stereocenters. The molecular formula is C15H15BrF2N2O. The summed E-state index contributed by atoms with van der Waals surface area (Å²) in [7, 11) is 1.41. The van der Waals surface area contributed by atoms with Crippen molar-refractivity contribution in [3.05, 3.63) is 63.6 Å². The number of rotatable bonds is 5. The van der Waals surface area contributed by atoms with Crippen LogP contribution in [0.5, 0.6) is 5.75 Å². The summed E-state index contributed by atoms with van der Waals surface area (Å²) in [6.45, 7) is 0. The van der Waals surface area contributed by atoms with Crippen LogP contribution >= 0.6 is 15.9 Å². The molecule has 2 aromatic rings. The van der Waals surface area contributed by atoms with Gasteiger partial charge in [-0.3, -0.25) is 11.3 Å². The second kappa shape index (κ2) is 6.98. The van der Waals surface area contributed by atoms with Crippen LogP contribution in [0.15, 0.2) is 40.9 Å². The van der Waals surface area contributed by atoms with E-state index in [9.17, 15) is 8.78 Å². The van der Waals surface area contributed by atoms with Crippen LogP contribution in [0.3, 0.4) is 0 Å². The Morgan fingerprint density at radius 1 is 1.24 bits per heavy atom. The molecule has 0 radical (unpaired) electrons. The van der Waals surface area contributed by atoms with Gasteiger partial charge in [0.1, 0.15) is 5.82 Å². The number of nitrogens with two attached hydrogens (primary N) is 1. The Bertz CT molecular complexity index is 637. The molecule has 0 saturated carbocycles. The van der Waals surface area contributed by atoms with E-state index in [0.29, 0.717) is 15.6 Å². The van der Waals surface area contributed by atoms with Crippen LogP contribution in [0.2, 0.25) is 0 Å². The van der Waals surface area contributed by atoms with Crippen LogP contribution < -0.4 is 16.0 Å². The van der Waals surface area contributed by atoms with Crippen LogP contribution in [0, 0.1) is 11.6 Å². The molecule has 0 heterocycles. The third-order valence-electron chi connectivity index (χ3n) is 3.25. The molecule has 0 aliphatic carbocycles. The van der Waals surface area contributed by atoms with Crippen molar-refractivity contribution in [3.8, 4) is 5.75 Å². The lowest BCUT2D eigenvalue weighted by Gasteiger charge is -2.19. The molecule has 2 rings (SSSR count). The number of ether oxygens (including phenoxy) is 1. The van der Waals surface area contributed by atoms with Gasteiger partial charge in [0.15, 0.2) is 11.6 Å². The van der Waals surface area contributed by atoms with Gasteiger partial charge in [-0.25, -0.2) is 8.78 Å². The normalized spacial score (nSPS) is 12.2. The second-order valence-corrected chi connectivity index (χ2v) is 5.29. The first-order valence-electron chi connectivity index (χ1n) is 6.30. The molecule has 3 nitrogen and oxygen atoms in total. The molecule has 112 valence electrons. The summed E-state index contributed by atoms with van der Waals surface area (Å²) in [5.41, 5.74) is 3.66. The van der Waals surface area contributed by atoms with E-state index in [0.717, 1.165) is 0 Å². The molecule has 0 aromatic heterocycles. The molecule has 2 aromatic carbocycles. The number of nitrogens with one attached hydrogen (secondary N) is 1. The predicted octanol–water partition coefficient (Wildman–Crippen LogP) is 3.48. The summed E-state index contributed by atoms with van der Waals surface area (Å²) < 4.78 is 33.1. The van der Waals surface area contributed by atoms with Gasteiger partial charge in [-0.15, -0.1) is 0 Å². The minimum Gasteiger partial charge on any atom is -0.494 e. The van der Waals surface area contributed by atoms with E-state index in [-0.39, 0.29) is 18.0 Å². The van der Waals surface area contributed by atoms with Crippen molar-refractivity contribution in [2.24, 2.45) is 5.84 Å². The number of hydrogen-bond acceptors (Lipinski definition) is 3. The maximum atomic E-state index is 14.2. The van der Waals surface area contributed by atoms with Gasteiger partial charge in [0, 0.05) is 0 Å². The molecule has 0 spiro atoms. The summed E-state index contributed by atoms with van der Waals surface area (Å²) in [5.74, 6) is 4.89. The smallest absolute Gasteiger partial charge is 0.168 e. The standard InChI is InChI=1S/C15H15BrF2N2O/c1-21-13-7-2-4-9(15(13)18)8-12(20-19)10-5-3-6-11(17)14(10)16/h2-7,12,20H,8,19H2,1H3. The van der Waals surface area contributed by atoms with Crippen molar-refractivity contribution in [1.29, 1.82) is 0 Å². The first kappa shape index (κ1) is 15.9. The molecular weight excluding hydrogens is 342 g/mol. The number of hydrazine groups is 1. The molecule has 6 heteroatoms. The summed E-state index contributed by atoms with van der Waals surface area (Å²) in [6, 6.07) is 9.12. The lowest BCUT2D eigenvalue weighted by atomic mass is 9.98. The van der Waals surface area contributed by atoms with E-state index >= 15 is 0 Å². The monoisotopic (exact) mass is 356 g/mol. The molecule has 0 amide bonds. The summed E-state index contributed by atoms with van der Waals surface area (Å²) in [5, 5.41) is 0. The third kappa shape index (κ3) is 3.40. The Balaban J connectivity index is 2.34. The molecule has 3 N–H and O–H groups in total. The fourth-order valence-corrected chi connectivity index (χ4v) is 2.68. The van der Waals surface area contributed by atoms with Crippen molar-refractivity contribution >= 4 is 15.9 Å². The van der Waals surface area contributed by atoms with E-state index in [1.54, 1.807) is 30.3 Å². The average Bonchev–Trinajstić information content (AvgIpc) is 2.49. The summed E-state index contributed by atoms with van der Waals surface area (Å²) >= 11 is 3.19. The summed E-state index contributed by atoms with van der Waals surface area (Å²) in [4.78, 5) is 0.